The molecule has 1 saturated heterocycles. The van der Waals surface area contributed by atoms with Gasteiger partial charge in [-0.2, -0.15) is 0 Å². The summed E-state index contributed by atoms with van der Waals surface area (Å²) in [7, 11) is 0. The highest BCUT2D eigenvalue weighted by Gasteiger charge is 2.43. The number of rotatable bonds is 5. The normalized spacial score (nSPS) is 23.9. The number of hydrogen-bond donors (Lipinski definition) is 2. The summed E-state index contributed by atoms with van der Waals surface area (Å²) in [5.41, 5.74) is -0.134. The van der Waals surface area contributed by atoms with Crippen molar-refractivity contribution in [1.29, 1.82) is 0 Å². The van der Waals surface area contributed by atoms with Gasteiger partial charge in [-0.25, -0.2) is 27.7 Å². The van der Waals surface area contributed by atoms with E-state index >= 15 is 0 Å². The zero-order chi connectivity index (χ0) is 24.3. The average molecular weight is 484 g/mol. The number of carbonyl (C=O) groups is 1. The highest BCUT2D eigenvalue weighted by Crippen LogP contribution is 2.36. The number of aliphatic hydroxyl groups is 1. The van der Waals surface area contributed by atoms with E-state index in [1.807, 2.05) is 0 Å². The van der Waals surface area contributed by atoms with Gasteiger partial charge in [0.25, 0.3) is 6.43 Å². The Bertz CT molecular complexity index is 1470. The van der Waals surface area contributed by atoms with Crippen LogP contribution in [0.4, 0.5) is 19.0 Å². The highest BCUT2D eigenvalue weighted by atomic mass is 19.3. The maximum Gasteiger partial charge on any atom is 0.281 e. The standard InChI is InChI=1S/C23H19F3N6O3/c24-16-5-13(16)22(33)29-17-6-12-14(7-27-17)19(20(25)26)28-8-15(12)21-30-18-2-1-11(9-32(18)31-21)23(34)3-4-35-10-23/h1-2,6-9,13,16,20,34H,3-5,10H2,(H,27,29,33)/t13-,16+,23+/m0/s1. The van der Waals surface area contributed by atoms with E-state index in [1.54, 1.807) is 18.3 Å². The quantitative estimate of drug-likeness (QED) is 0.447. The highest BCUT2D eigenvalue weighted by molar-refractivity contribution is 6.00. The molecule has 3 atom stereocenters. The topological polar surface area (TPSA) is 115 Å². The minimum Gasteiger partial charge on any atom is -0.383 e. The number of carbonyl (C=O) groups excluding carboxylic acids is 1. The summed E-state index contributed by atoms with van der Waals surface area (Å²) in [6, 6.07) is 4.87. The van der Waals surface area contributed by atoms with Gasteiger partial charge in [0.2, 0.25) is 5.91 Å². The summed E-state index contributed by atoms with van der Waals surface area (Å²) >= 11 is 0. The Hall–Kier alpha value is -3.64. The van der Waals surface area contributed by atoms with Gasteiger partial charge in [0.05, 0.1) is 12.5 Å². The van der Waals surface area contributed by atoms with Crippen molar-refractivity contribution < 1.29 is 27.8 Å². The van der Waals surface area contributed by atoms with Crippen molar-refractivity contribution in [2.45, 2.75) is 31.0 Å². The zero-order valence-corrected chi connectivity index (χ0v) is 18.2. The number of nitrogens with zero attached hydrogens (tertiary/aromatic N) is 5. The number of ether oxygens (including phenoxy) is 1. The van der Waals surface area contributed by atoms with Gasteiger partial charge in [-0.15, -0.1) is 5.10 Å². The summed E-state index contributed by atoms with van der Waals surface area (Å²) < 4.78 is 47.3. The Morgan fingerprint density at radius 3 is 2.80 bits per heavy atom. The lowest BCUT2D eigenvalue weighted by Crippen LogP contribution is -2.26. The van der Waals surface area contributed by atoms with Crippen LogP contribution >= 0.6 is 0 Å². The molecule has 4 aromatic heterocycles. The van der Waals surface area contributed by atoms with Crippen LogP contribution in [0.25, 0.3) is 27.8 Å². The summed E-state index contributed by atoms with van der Waals surface area (Å²) in [5, 5.41) is 18.2. The van der Waals surface area contributed by atoms with Gasteiger partial charge in [0.15, 0.2) is 11.5 Å². The number of hydrogen-bond acceptors (Lipinski definition) is 7. The maximum atomic E-state index is 13.6. The van der Waals surface area contributed by atoms with Crippen molar-refractivity contribution in [2.24, 2.45) is 5.92 Å². The van der Waals surface area contributed by atoms with Gasteiger partial charge in [-0.3, -0.25) is 9.78 Å². The molecule has 0 aromatic carbocycles. The van der Waals surface area contributed by atoms with E-state index in [0.717, 1.165) is 0 Å². The third-order valence-electron chi connectivity index (χ3n) is 6.42. The van der Waals surface area contributed by atoms with Gasteiger partial charge in [0, 0.05) is 53.5 Å². The molecule has 4 aromatic rings. The number of alkyl halides is 3. The van der Waals surface area contributed by atoms with Crippen molar-refractivity contribution >= 4 is 28.1 Å². The first-order chi connectivity index (χ1) is 16.8. The van der Waals surface area contributed by atoms with E-state index in [2.05, 4.69) is 25.4 Å². The average Bonchev–Trinajstić information content (AvgIpc) is 3.21. The number of nitrogens with one attached hydrogen (secondary N) is 1. The number of aromatic nitrogens is 5. The fourth-order valence-electron chi connectivity index (χ4n) is 4.28. The third-order valence-corrected chi connectivity index (χ3v) is 6.42. The molecule has 2 aliphatic rings. The van der Waals surface area contributed by atoms with Gasteiger partial charge in [-0.05, 0) is 18.6 Å². The largest absolute Gasteiger partial charge is 0.383 e. The third kappa shape index (κ3) is 3.78. The predicted octanol–water partition coefficient (Wildman–Crippen LogP) is 3.18. The molecule has 6 rings (SSSR count). The van der Waals surface area contributed by atoms with Gasteiger partial charge in [-0.1, -0.05) is 6.07 Å². The fourth-order valence-corrected chi connectivity index (χ4v) is 4.28. The van der Waals surface area contributed by atoms with E-state index in [9.17, 15) is 23.1 Å². The molecule has 0 radical (unpaired) electrons. The molecule has 12 heteroatoms. The Labute approximate surface area is 196 Å². The molecular formula is C23H19F3N6O3. The molecule has 1 amide bonds. The Balaban J connectivity index is 1.44. The first kappa shape index (κ1) is 21.9. The van der Waals surface area contributed by atoms with Crippen LogP contribution in [-0.2, 0) is 15.1 Å². The molecule has 1 aliphatic carbocycles. The van der Waals surface area contributed by atoms with Crippen LogP contribution in [0, 0.1) is 5.92 Å². The van der Waals surface area contributed by atoms with Crippen LogP contribution in [-0.4, -0.2) is 55.0 Å². The number of fused-ring (bicyclic) bond motifs is 2. The molecule has 0 bridgehead atoms. The summed E-state index contributed by atoms with van der Waals surface area (Å²) in [5.74, 6) is -0.926. The lowest BCUT2D eigenvalue weighted by atomic mass is 9.95. The van der Waals surface area contributed by atoms with Crippen LogP contribution in [0.2, 0.25) is 0 Å². The molecule has 1 saturated carbocycles. The summed E-state index contributed by atoms with van der Waals surface area (Å²) in [4.78, 5) is 24.6. The van der Waals surface area contributed by atoms with Crippen molar-refractivity contribution in [1.82, 2.24) is 24.6 Å². The first-order valence-electron chi connectivity index (χ1n) is 11.0. The molecule has 2 N–H and O–H groups in total. The van der Waals surface area contributed by atoms with E-state index < -0.39 is 35.7 Å². The van der Waals surface area contributed by atoms with Gasteiger partial charge < -0.3 is 15.2 Å². The molecule has 5 heterocycles. The van der Waals surface area contributed by atoms with E-state index in [4.69, 9.17) is 4.74 Å². The molecule has 1 aliphatic heterocycles. The molecule has 35 heavy (non-hydrogen) atoms. The number of anilines is 1. The van der Waals surface area contributed by atoms with Crippen molar-refractivity contribution in [2.75, 3.05) is 18.5 Å². The second-order valence-corrected chi connectivity index (χ2v) is 8.81. The van der Waals surface area contributed by atoms with Gasteiger partial charge in [0.1, 0.15) is 23.3 Å². The molecule has 2 fully saturated rings. The fraction of sp³-hybridized carbons (Fsp3) is 0.348. The monoisotopic (exact) mass is 484 g/mol. The molecule has 0 spiro atoms. The van der Waals surface area contributed by atoms with Crippen LogP contribution in [0.3, 0.4) is 0 Å². The van der Waals surface area contributed by atoms with Crippen molar-refractivity contribution in [3.63, 3.8) is 0 Å². The minimum atomic E-state index is -2.85. The second-order valence-electron chi connectivity index (χ2n) is 8.81. The SMILES string of the molecule is O=C(Nc1cc2c(-c3nc4ccc([C@@]5(O)CCOC5)cn4n3)cnc(C(F)F)c2cn1)[C@H]1C[C@H]1F. The Kier molecular flexibility index (Phi) is 4.97. The van der Waals surface area contributed by atoms with Gasteiger partial charge >= 0.3 is 0 Å². The maximum absolute atomic E-state index is 13.6. The van der Waals surface area contributed by atoms with Crippen molar-refractivity contribution in [3.05, 3.63) is 48.0 Å². The molecule has 9 nitrogen and oxygen atoms in total. The van der Waals surface area contributed by atoms with E-state index in [1.165, 1.54) is 23.0 Å². The summed E-state index contributed by atoms with van der Waals surface area (Å²) in [6.07, 6.45) is 0.682. The van der Waals surface area contributed by atoms with E-state index in [-0.39, 0.29) is 30.1 Å². The smallest absolute Gasteiger partial charge is 0.281 e. The predicted molar refractivity (Wildman–Crippen MR) is 117 cm³/mol. The number of pyridine rings is 3. The first-order valence-corrected chi connectivity index (χ1v) is 11.0. The minimum absolute atomic E-state index is 0.0854. The molecule has 180 valence electrons. The Morgan fingerprint density at radius 1 is 1.26 bits per heavy atom. The number of halogens is 3. The van der Waals surface area contributed by atoms with Crippen molar-refractivity contribution in [3.8, 4) is 11.4 Å². The zero-order valence-electron chi connectivity index (χ0n) is 18.2. The van der Waals surface area contributed by atoms with Crippen LogP contribution in [0.15, 0.2) is 36.8 Å². The van der Waals surface area contributed by atoms with Crippen LogP contribution in [0.5, 0.6) is 0 Å². The lowest BCUT2D eigenvalue weighted by Gasteiger charge is -2.20. The second kappa shape index (κ2) is 7.95. The molecular weight excluding hydrogens is 465 g/mol. The lowest BCUT2D eigenvalue weighted by molar-refractivity contribution is -0.117. The van der Waals surface area contributed by atoms with E-state index in [0.29, 0.717) is 35.2 Å². The van der Waals surface area contributed by atoms with Crippen LogP contribution in [0.1, 0.15) is 30.5 Å². The number of amides is 1. The Morgan fingerprint density at radius 2 is 2.09 bits per heavy atom. The van der Waals surface area contributed by atoms with Crippen LogP contribution < -0.4 is 5.32 Å². The summed E-state index contributed by atoms with van der Waals surface area (Å²) in [6.45, 7) is 0.625. The molecule has 0 unspecified atom stereocenters.